The number of rotatable bonds is 3. The van der Waals surface area contributed by atoms with Gasteiger partial charge in [-0.15, -0.1) is 0 Å². The molecular weight excluding hydrogens is 270 g/mol. The third kappa shape index (κ3) is 2.54. The lowest BCUT2D eigenvalue weighted by molar-refractivity contribution is 0.0789. The van der Waals surface area contributed by atoms with Crippen LogP contribution in [-0.2, 0) is 0 Å². The highest BCUT2D eigenvalue weighted by Gasteiger charge is 2.32. The first-order chi connectivity index (χ1) is 10.8. The second kappa shape index (κ2) is 5.60. The van der Waals surface area contributed by atoms with E-state index in [4.69, 9.17) is 0 Å². The zero-order chi connectivity index (χ0) is 14.9. The van der Waals surface area contributed by atoms with Gasteiger partial charge >= 0.3 is 0 Å². The molecule has 1 unspecified atom stereocenters. The molecule has 0 bridgehead atoms. The van der Waals surface area contributed by atoms with Crippen molar-refractivity contribution in [3.63, 3.8) is 0 Å². The van der Waals surface area contributed by atoms with Gasteiger partial charge in [-0.3, -0.25) is 4.79 Å². The first-order valence-electron chi connectivity index (χ1n) is 8.26. The van der Waals surface area contributed by atoms with E-state index in [1.807, 2.05) is 23.1 Å². The number of amides is 1. The van der Waals surface area contributed by atoms with Gasteiger partial charge in [0, 0.05) is 24.6 Å². The van der Waals surface area contributed by atoms with Crippen molar-refractivity contribution in [1.82, 2.24) is 4.90 Å². The molecule has 0 aromatic heterocycles. The number of benzene rings is 2. The van der Waals surface area contributed by atoms with Gasteiger partial charge in [0.25, 0.3) is 5.91 Å². The van der Waals surface area contributed by atoms with Gasteiger partial charge in [-0.1, -0.05) is 48.5 Å². The topological polar surface area (TPSA) is 20.3 Å². The highest BCUT2D eigenvalue weighted by molar-refractivity contribution is 5.96. The van der Waals surface area contributed by atoms with E-state index in [9.17, 15) is 4.79 Å². The van der Waals surface area contributed by atoms with Crippen LogP contribution in [0.15, 0.2) is 54.6 Å². The standard InChI is InChI=1S/C20H21NO/c22-20(19-9-5-4-8-18(19)16-10-11-16)21-13-12-17(14-21)15-6-2-1-3-7-15/h1-9,16-17H,10-14H2. The Kier molecular flexibility index (Phi) is 3.45. The third-order valence-corrected chi connectivity index (χ3v) is 4.95. The molecule has 0 radical (unpaired) electrons. The molecule has 1 atom stereocenters. The molecule has 1 aliphatic heterocycles. The Labute approximate surface area is 131 Å². The van der Waals surface area contributed by atoms with Crippen LogP contribution in [0.4, 0.5) is 0 Å². The van der Waals surface area contributed by atoms with Gasteiger partial charge in [0.15, 0.2) is 0 Å². The molecule has 4 rings (SSSR count). The number of hydrogen-bond donors (Lipinski definition) is 0. The molecule has 0 spiro atoms. The van der Waals surface area contributed by atoms with Gasteiger partial charge in [-0.2, -0.15) is 0 Å². The summed E-state index contributed by atoms with van der Waals surface area (Å²) in [6.45, 7) is 1.72. The molecule has 2 nitrogen and oxygen atoms in total. The summed E-state index contributed by atoms with van der Waals surface area (Å²) in [7, 11) is 0. The van der Waals surface area contributed by atoms with Crippen LogP contribution < -0.4 is 0 Å². The highest BCUT2D eigenvalue weighted by atomic mass is 16.2. The molecule has 2 aromatic rings. The minimum absolute atomic E-state index is 0.223. The molecule has 112 valence electrons. The number of carbonyl (C=O) groups is 1. The summed E-state index contributed by atoms with van der Waals surface area (Å²) >= 11 is 0. The van der Waals surface area contributed by atoms with Crippen molar-refractivity contribution >= 4 is 5.91 Å². The molecule has 1 amide bonds. The van der Waals surface area contributed by atoms with Crippen LogP contribution in [0.25, 0.3) is 0 Å². The second-order valence-electron chi connectivity index (χ2n) is 6.51. The summed E-state index contributed by atoms with van der Waals surface area (Å²) in [6.07, 6.45) is 3.54. The Morgan fingerprint density at radius 1 is 0.864 bits per heavy atom. The van der Waals surface area contributed by atoms with Crippen molar-refractivity contribution in [1.29, 1.82) is 0 Å². The predicted molar refractivity (Wildman–Crippen MR) is 88.1 cm³/mol. The maximum Gasteiger partial charge on any atom is 0.254 e. The van der Waals surface area contributed by atoms with E-state index in [2.05, 4.69) is 36.4 Å². The Balaban J connectivity index is 1.53. The molecular formula is C20H21NO. The van der Waals surface area contributed by atoms with Crippen molar-refractivity contribution < 1.29 is 4.79 Å². The van der Waals surface area contributed by atoms with Crippen LogP contribution in [0.3, 0.4) is 0 Å². The molecule has 1 heterocycles. The fourth-order valence-electron chi connectivity index (χ4n) is 3.55. The molecule has 1 aliphatic carbocycles. The molecule has 2 aromatic carbocycles. The van der Waals surface area contributed by atoms with Gasteiger partial charge in [0.2, 0.25) is 0 Å². The van der Waals surface area contributed by atoms with Gasteiger partial charge in [-0.05, 0) is 42.4 Å². The average Bonchev–Trinajstić information content (AvgIpc) is 3.31. The first-order valence-corrected chi connectivity index (χ1v) is 8.26. The van der Waals surface area contributed by atoms with E-state index in [1.165, 1.54) is 24.0 Å². The number of hydrogen-bond acceptors (Lipinski definition) is 1. The van der Waals surface area contributed by atoms with Crippen molar-refractivity contribution in [2.45, 2.75) is 31.1 Å². The predicted octanol–water partition coefficient (Wildman–Crippen LogP) is 4.19. The smallest absolute Gasteiger partial charge is 0.254 e. The van der Waals surface area contributed by atoms with E-state index < -0.39 is 0 Å². The number of likely N-dealkylation sites (tertiary alicyclic amines) is 1. The lowest BCUT2D eigenvalue weighted by Gasteiger charge is -2.19. The van der Waals surface area contributed by atoms with E-state index in [-0.39, 0.29) is 5.91 Å². The molecule has 1 saturated heterocycles. The molecule has 0 N–H and O–H groups in total. The summed E-state index contributed by atoms with van der Waals surface area (Å²) in [6, 6.07) is 18.8. The fourth-order valence-corrected chi connectivity index (χ4v) is 3.55. The quantitative estimate of drug-likeness (QED) is 0.830. The van der Waals surface area contributed by atoms with Crippen LogP contribution in [-0.4, -0.2) is 23.9 Å². The minimum Gasteiger partial charge on any atom is -0.338 e. The third-order valence-electron chi connectivity index (χ3n) is 4.95. The van der Waals surface area contributed by atoms with Gasteiger partial charge in [-0.25, -0.2) is 0 Å². The first kappa shape index (κ1) is 13.6. The highest BCUT2D eigenvalue weighted by Crippen LogP contribution is 2.42. The molecule has 22 heavy (non-hydrogen) atoms. The maximum atomic E-state index is 12.9. The van der Waals surface area contributed by atoms with Crippen LogP contribution in [0.5, 0.6) is 0 Å². The monoisotopic (exact) mass is 291 g/mol. The lowest BCUT2D eigenvalue weighted by atomic mass is 9.98. The summed E-state index contributed by atoms with van der Waals surface area (Å²) in [5.74, 6) is 1.33. The Morgan fingerprint density at radius 3 is 2.36 bits per heavy atom. The Hall–Kier alpha value is -2.09. The van der Waals surface area contributed by atoms with E-state index in [0.29, 0.717) is 11.8 Å². The van der Waals surface area contributed by atoms with Gasteiger partial charge in [0.1, 0.15) is 0 Å². The molecule has 2 heteroatoms. The van der Waals surface area contributed by atoms with Crippen LogP contribution >= 0.6 is 0 Å². The summed E-state index contributed by atoms with van der Waals surface area (Å²) in [5, 5.41) is 0. The maximum absolute atomic E-state index is 12.9. The van der Waals surface area contributed by atoms with Gasteiger partial charge in [0.05, 0.1) is 0 Å². The van der Waals surface area contributed by atoms with Gasteiger partial charge < -0.3 is 4.90 Å². The van der Waals surface area contributed by atoms with Crippen LogP contribution in [0.2, 0.25) is 0 Å². The van der Waals surface area contributed by atoms with Crippen molar-refractivity contribution in [2.75, 3.05) is 13.1 Å². The lowest BCUT2D eigenvalue weighted by Crippen LogP contribution is -2.29. The molecule has 2 aliphatic rings. The van der Waals surface area contributed by atoms with E-state index in [1.54, 1.807) is 0 Å². The average molecular weight is 291 g/mol. The van der Waals surface area contributed by atoms with E-state index >= 15 is 0 Å². The Morgan fingerprint density at radius 2 is 1.59 bits per heavy atom. The zero-order valence-electron chi connectivity index (χ0n) is 12.7. The van der Waals surface area contributed by atoms with Crippen molar-refractivity contribution in [2.24, 2.45) is 0 Å². The molecule has 1 saturated carbocycles. The zero-order valence-corrected chi connectivity index (χ0v) is 12.7. The SMILES string of the molecule is O=C(c1ccccc1C1CC1)N1CCC(c2ccccc2)C1. The number of carbonyl (C=O) groups excluding carboxylic acids is 1. The number of nitrogens with zero attached hydrogens (tertiary/aromatic N) is 1. The summed E-state index contributed by atoms with van der Waals surface area (Å²) in [4.78, 5) is 14.9. The van der Waals surface area contributed by atoms with E-state index in [0.717, 1.165) is 25.1 Å². The van der Waals surface area contributed by atoms with Crippen LogP contribution in [0, 0.1) is 0 Å². The second-order valence-corrected chi connectivity index (χ2v) is 6.51. The summed E-state index contributed by atoms with van der Waals surface area (Å²) < 4.78 is 0. The van der Waals surface area contributed by atoms with Crippen molar-refractivity contribution in [3.8, 4) is 0 Å². The largest absolute Gasteiger partial charge is 0.338 e. The Bertz CT molecular complexity index is 675. The normalized spacial score (nSPS) is 21.1. The summed E-state index contributed by atoms with van der Waals surface area (Å²) in [5.41, 5.74) is 3.54. The molecule has 2 fully saturated rings. The fraction of sp³-hybridized carbons (Fsp3) is 0.350. The minimum atomic E-state index is 0.223. The van der Waals surface area contributed by atoms with Crippen LogP contribution in [0.1, 0.15) is 52.6 Å². The van der Waals surface area contributed by atoms with Crippen molar-refractivity contribution in [3.05, 3.63) is 71.3 Å².